The smallest absolute Gasteiger partial charge is 0.329 e. The Kier molecular flexibility index (Phi) is 5.59. The van der Waals surface area contributed by atoms with Gasteiger partial charge in [-0.25, -0.2) is 5.43 Å². The number of rotatable bonds is 2. The van der Waals surface area contributed by atoms with Gasteiger partial charge in [-0.15, -0.1) is 0 Å². The molecule has 7 heteroatoms. The van der Waals surface area contributed by atoms with Crippen LogP contribution in [0, 0.1) is 0 Å². The van der Waals surface area contributed by atoms with E-state index >= 15 is 0 Å². The van der Waals surface area contributed by atoms with Crippen LogP contribution >= 0.6 is 23.2 Å². The summed E-state index contributed by atoms with van der Waals surface area (Å²) in [4.78, 5) is 25.1. The van der Waals surface area contributed by atoms with Crippen molar-refractivity contribution >= 4 is 41.2 Å². The fourth-order valence-electron chi connectivity index (χ4n) is 2.05. The molecule has 1 fully saturated rings. The van der Waals surface area contributed by atoms with Gasteiger partial charge in [0, 0.05) is 13.1 Å². The van der Waals surface area contributed by atoms with Gasteiger partial charge in [0.2, 0.25) is 0 Å². The van der Waals surface area contributed by atoms with Crippen LogP contribution in [0.5, 0.6) is 0 Å². The highest BCUT2D eigenvalue weighted by atomic mass is 35.5. The molecule has 0 aromatic heterocycles. The van der Waals surface area contributed by atoms with E-state index in [0.29, 0.717) is 28.7 Å². The third-order valence-electron chi connectivity index (χ3n) is 3.16. The number of benzene rings is 1. The third-order valence-corrected chi connectivity index (χ3v) is 3.90. The van der Waals surface area contributed by atoms with Gasteiger partial charge in [0.05, 0.1) is 16.3 Å². The average Bonchev–Trinajstić information content (AvgIpc) is 2.51. The predicted molar refractivity (Wildman–Crippen MR) is 82.6 cm³/mol. The van der Waals surface area contributed by atoms with E-state index in [4.69, 9.17) is 23.2 Å². The summed E-state index contributed by atoms with van der Waals surface area (Å²) in [5.74, 6) is -1.27. The van der Waals surface area contributed by atoms with E-state index in [1.807, 2.05) is 0 Å². The number of carbonyl (C=O) groups is 2. The van der Waals surface area contributed by atoms with Crippen molar-refractivity contribution in [1.29, 1.82) is 0 Å². The minimum absolute atomic E-state index is 0.399. The van der Waals surface area contributed by atoms with Gasteiger partial charge in [0.1, 0.15) is 0 Å². The zero-order chi connectivity index (χ0) is 15.2. The average molecular weight is 328 g/mol. The second kappa shape index (κ2) is 7.43. The Labute approximate surface area is 132 Å². The summed E-state index contributed by atoms with van der Waals surface area (Å²) >= 11 is 11.7. The number of hydrogen-bond acceptors (Lipinski definition) is 3. The second-order valence-corrected chi connectivity index (χ2v) is 5.54. The molecule has 1 saturated heterocycles. The predicted octanol–water partition coefficient (Wildman–Crippen LogP) is 2.46. The maximum Gasteiger partial charge on any atom is 0.329 e. The molecule has 1 aromatic carbocycles. The number of piperidine rings is 1. The number of likely N-dealkylation sites (tertiary alicyclic amines) is 1. The number of carbonyl (C=O) groups excluding carboxylic acids is 2. The summed E-state index contributed by atoms with van der Waals surface area (Å²) in [6.45, 7) is 1.26. The van der Waals surface area contributed by atoms with Crippen molar-refractivity contribution in [3.8, 4) is 0 Å². The summed E-state index contributed by atoms with van der Waals surface area (Å²) in [5, 5.41) is 4.60. The van der Waals surface area contributed by atoms with Crippen molar-refractivity contribution in [2.45, 2.75) is 19.3 Å². The summed E-state index contributed by atoms with van der Waals surface area (Å²) in [5.41, 5.74) is 2.90. The quantitative estimate of drug-likeness (QED) is 0.515. The molecule has 0 aliphatic carbocycles. The van der Waals surface area contributed by atoms with E-state index in [2.05, 4.69) is 10.5 Å². The maximum absolute atomic E-state index is 11.8. The molecule has 0 unspecified atom stereocenters. The summed E-state index contributed by atoms with van der Waals surface area (Å²) in [7, 11) is 0. The molecule has 112 valence electrons. The minimum atomic E-state index is -0.729. The fraction of sp³-hybridized carbons (Fsp3) is 0.357. The first-order valence-electron chi connectivity index (χ1n) is 6.65. The Morgan fingerprint density at radius 3 is 2.52 bits per heavy atom. The van der Waals surface area contributed by atoms with Crippen LogP contribution in [0.25, 0.3) is 0 Å². The van der Waals surface area contributed by atoms with Crippen LogP contribution in [0.15, 0.2) is 23.3 Å². The largest absolute Gasteiger partial charge is 0.334 e. The van der Waals surface area contributed by atoms with Crippen LogP contribution in [0.2, 0.25) is 10.0 Å². The van der Waals surface area contributed by atoms with Gasteiger partial charge in [0.15, 0.2) is 0 Å². The summed E-state index contributed by atoms with van der Waals surface area (Å²) < 4.78 is 0. The van der Waals surface area contributed by atoms with E-state index in [0.717, 1.165) is 19.3 Å². The van der Waals surface area contributed by atoms with E-state index < -0.39 is 11.8 Å². The van der Waals surface area contributed by atoms with Crippen molar-refractivity contribution in [2.75, 3.05) is 13.1 Å². The summed E-state index contributed by atoms with van der Waals surface area (Å²) in [6.07, 6.45) is 4.38. The third kappa shape index (κ3) is 4.44. The highest BCUT2D eigenvalue weighted by Crippen LogP contribution is 2.21. The van der Waals surface area contributed by atoms with Crippen molar-refractivity contribution in [3.63, 3.8) is 0 Å². The van der Waals surface area contributed by atoms with Crippen molar-refractivity contribution in [1.82, 2.24) is 10.3 Å². The molecule has 21 heavy (non-hydrogen) atoms. The van der Waals surface area contributed by atoms with Gasteiger partial charge < -0.3 is 4.90 Å². The normalized spacial score (nSPS) is 15.2. The number of hydrogen-bond donors (Lipinski definition) is 1. The number of halogens is 2. The molecule has 1 N–H and O–H groups in total. The van der Waals surface area contributed by atoms with Gasteiger partial charge in [0.25, 0.3) is 0 Å². The van der Waals surface area contributed by atoms with Crippen molar-refractivity contribution < 1.29 is 9.59 Å². The molecule has 1 aliphatic heterocycles. The van der Waals surface area contributed by atoms with Crippen molar-refractivity contribution in [2.24, 2.45) is 5.10 Å². The number of nitrogens with one attached hydrogen (secondary N) is 1. The molecule has 0 saturated carbocycles. The van der Waals surface area contributed by atoms with Crippen molar-refractivity contribution in [3.05, 3.63) is 33.8 Å². The molecule has 0 bridgehead atoms. The lowest BCUT2D eigenvalue weighted by molar-refractivity contribution is -0.146. The Bertz CT molecular complexity index is 569. The molecule has 1 aliphatic rings. The Hall–Kier alpha value is -1.59. The zero-order valence-corrected chi connectivity index (χ0v) is 12.8. The first-order valence-corrected chi connectivity index (χ1v) is 7.41. The van der Waals surface area contributed by atoms with E-state index in [1.54, 1.807) is 23.1 Å². The van der Waals surface area contributed by atoms with Gasteiger partial charge in [-0.05, 0) is 37.0 Å². The van der Waals surface area contributed by atoms with Gasteiger partial charge in [-0.2, -0.15) is 5.10 Å². The fourth-order valence-corrected chi connectivity index (χ4v) is 2.35. The topological polar surface area (TPSA) is 61.8 Å². The Morgan fingerprint density at radius 2 is 1.86 bits per heavy atom. The van der Waals surface area contributed by atoms with Crippen LogP contribution in [-0.2, 0) is 9.59 Å². The second-order valence-electron chi connectivity index (χ2n) is 4.73. The van der Waals surface area contributed by atoms with E-state index in [-0.39, 0.29) is 0 Å². The van der Waals surface area contributed by atoms with E-state index in [9.17, 15) is 9.59 Å². The molecular weight excluding hydrogens is 313 g/mol. The molecule has 2 amide bonds. The highest BCUT2D eigenvalue weighted by molar-refractivity contribution is 6.42. The molecule has 1 heterocycles. The molecular formula is C14H15Cl2N3O2. The van der Waals surface area contributed by atoms with Crippen LogP contribution in [0.1, 0.15) is 24.8 Å². The lowest BCUT2D eigenvalue weighted by atomic mass is 10.1. The van der Waals surface area contributed by atoms with Gasteiger partial charge in [-0.3, -0.25) is 9.59 Å². The van der Waals surface area contributed by atoms with Crippen LogP contribution < -0.4 is 5.43 Å². The standard InChI is InChI=1S/C14H15Cl2N3O2/c15-11-5-4-10(8-12(11)16)9-17-18-13(20)14(21)19-6-2-1-3-7-19/h4-5,8-9H,1-3,6-7H2,(H,18,20). The van der Waals surface area contributed by atoms with Crippen LogP contribution in [0.4, 0.5) is 0 Å². The number of hydrazone groups is 1. The van der Waals surface area contributed by atoms with E-state index in [1.165, 1.54) is 6.21 Å². The molecule has 1 aromatic rings. The molecule has 0 atom stereocenters. The number of amides is 2. The molecule has 5 nitrogen and oxygen atoms in total. The molecule has 0 spiro atoms. The Balaban J connectivity index is 1.89. The monoisotopic (exact) mass is 327 g/mol. The first-order chi connectivity index (χ1) is 10.1. The lowest BCUT2D eigenvalue weighted by Gasteiger charge is -2.25. The first kappa shape index (κ1) is 15.8. The highest BCUT2D eigenvalue weighted by Gasteiger charge is 2.22. The van der Waals surface area contributed by atoms with Crippen LogP contribution in [0.3, 0.4) is 0 Å². The zero-order valence-electron chi connectivity index (χ0n) is 11.3. The van der Waals surface area contributed by atoms with Crippen LogP contribution in [-0.4, -0.2) is 36.0 Å². The lowest BCUT2D eigenvalue weighted by Crippen LogP contribution is -2.43. The molecule has 0 radical (unpaired) electrons. The maximum atomic E-state index is 11.8. The summed E-state index contributed by atoms with van der Waals surface area (Å²) in [6, 6.07) is 4.95. The SMILES string of the molecule is O=C(NN=Cc1ccc(Cl)c(Cl)c1)C(=O)N1CCCCC1. The van der Waals surface area contributed by atoms with Gasteiger partial charge in [-0.1, -0.05) is 29.3 Å². The number of nitrogens with zero attached hydrogens (tertiary/aromatic N) is 2. The Morgan fingerprint density at radius 1 is 1.14 bits per heavy atom. The van der Waals surface area contributed by atoms with Gasteiger partial charge >= 0.3 is 11.8 Å². The molecule has 2 rings (SSSR count). The minimum Gasteiger partial charge on any atom is -0.334 e.